The van der Waals surface area contributed by atoms with Crippen LogP contribution in [-0.2, 0) is 0 Å². The molecule has 2 N–H and O–H groups in total. The second kappa shape index (κ2) is 7.96. The minimum Gasteiger partial charge on any atom is -0.497 e. The minimum atomic E-state index is -0.626. The van der Waals surface area contributed by atoms with Gasteiger partial charge in [-0.25, -0.2) is 5.43 Å². The van der Waals surface area contributed by atoms with Gasteiger partial charge >= 0.3 is 0 Å². The van der Waals surface area contributed by atoms with E-state index in [2.05, 4.69) is 20.5 Å². The number of ether oxygens (including phenoxy) is 1. The van der Waals surface area contributed by atoms with Crippen LogP contribution < -0.4 is 15.6 Å². The highest BCUT2D eigenvalue weighted by Gasteiger charge is 2.15. The Hall–Kier alpha value is -3.71. The number of hydrazone groups is 1. The standard InChI is InChI=1S/C22H17ClN4O3/c1-12-9-18(23)26-17-8-7-15-20(19(12)17)24-11-16(21(15)28)22(29)27-25-10-13-3-5-14(30-2)6-4-13/h3-11,26H,1-2H3,(H,27,29). The van der Waals surface area contributed by atoms with Gasteiger partial charge in [-0.05, 0) is 60.5 Å². The molecule has 0 saturated heterocycles. The summed E-state index contributed by atoms with van der Waals surface area (Å²) in [5.41, 5.74) is 4.82. The zero-order valence-corrected chi connectivity index (χ0v) is 16.9. The van der Waals surface area contributed by atoms with E-state index in [0.29, 0.717) is 16.1 Å². The molecule has 30 heavy (non-hydrogen) atoms. The van der Waals surface area contributed by atoms with E-state index >= 15 is 0 Å². The average Bonchev–Trinajstić information content (AvgIpc) is 2.73. The van der Waals surface area contributed by atoms with Gasteiger partial charge in [0.2, 0.25) is 5.43 Å². The summed E-state index contributed by atoms with van der Waals surface area (Å²) in [6.45, 7) is 1.89. The Kier molecular flexibility index (Phi) is 5.20. The highest BCUT2D eigenvalue weighted by atomic mass is 35.5. The number of fused-ring (bicyclic) bond motifs is 3. The van der Waals surface area contributed by atoms with Gasteiger partial charge in [0, 0.05) is 22.5 Å². The zero-order valence-electron chi connectivity index (χ0n) is 16.2. The van der Waals surface area contributed by atoms with Gasteiger partial charge in [0.25, 0.3) is 5.91 Å². The van der Waals surface area contributed by atoms with Crippen LogP contribution >= 0.6 is 11.6 Å². The molecule has 0 radical (unpaired) electrons. The Morgan fingerprint density at radius 2 is 2.00 bits per heavy atom. The van der Waals surface area contributed by atoms with Crippen molar-refractivity contribution in [1.29, 1.82) is 0 Å². The van der Waals surface area contributed by atoms with Crippen molar-refractivity contribution in [1.82, 2.24) is 15.4 Å². The van der Waals surface area contributed by atoms with Crippen molar-refractivity contribution < 1.29 is 9.53 Å². The molecule has 0 unspecified atom stereocenters. The van der Waals surface area contributed by atoms with Gasteiger partial charge < -0.3 is 9.72 Å². The first-order valence-corrected chi connectivity index (χ1v) is 9.44. The largest absolute Gasteiger partial charge is 0.497 e. The fraction of sp³-hybridized carbons (Fsp3) is 0.0909. The van der Waals surface area contributed by atoms with Crippen molar-refractivity contribution in [3.05, 3.63) is 80.7 Å². The number of nitrogens with zero attached hydrogens (tertiary/aromatic N) is 2. The summed E-state index contributed by atoms with van der Waals surface area (Å²) >= 11 is 6.07. The molecule has 0 spiro atoms. The molecule has 4 aromatic rings. The number of aromatic amines is 1. The van der Waals surface area contributed by atoms with Crippen LogP contribution in [0, 0.1) is 6.92 Å². The molecule has 2 aromatic heterocycles. The zero-order chi connectivity index (χ0) is 21.3. The van der Waals surface area contributed by atoms with Crippen LogP contribution in [0.15, 0.2) is 58.6 Å². The number of hydrogen-bond acceptors (Lipinski definition) is 5. The van der Waals surface area contributed by atoms with Gasteiger partial charge in [-0.2, -0.15) is 5.10 Å². The fourth-order valence-electron chi connectivity index (χ4n) is 3.25. The molecule has 4 rings (SSSR count). The third-order valence-electron chi connectivity index (χ3n) is 4.72. The normalized spacial score (nSPS) is 11.3. The van der Waals surface area contributed by atoms with Gasteiger partial charge in [0.1, 0.15) is 16.5 Å². The Labute approximate surface area is 176 Å². The van der Waals surface area contributed by atoms with Crippen molar-refractivity contribution >= 4 is 45.5 Å². The molecule has 0 saturated carbocycles. The van der Waals surface area contributed by atoms with Gasteiger partial charge in [0.15, 0.2) is 0 Å². The Morgan fingerprint density at radius 3 is 2.73 bits per heavy atom. The number of carbonyl (C=O) groups excluding carboxylic acids is 1. The van der Waals surface area contributed by atoms with Gasteiger partial charge in [0.05, 0.1) is 18.8 Å². The van der Waals surface area contributed by atoms with Crippen molar-refractivity contribution in [3.63, 3.8) is 0 Å². The number of H-pyrrole nitrogens is 1. The molecule has 0 aliphatic rings. The number of hydrogen-bond donors (Lipinski definition) is 2. The molecular formula is C22H17ClN4O3. The molecule has 2 aromatic carbocycles. The topological polar surface area (TPSA) is 96.4 Å². The highest BCUT2D eigenvalue weighted by Crippen LogP contribution is 2.26. The number of pyridine rings is 2. The van der Waals surface area contributed by atoms with Crippen LogP contribution in [0.3, 0.4) is 0 Å². The first-order valence-electron chi connectivity index (χ1n) is 9.06. The highest BCUT2D eigenvalue weighted by molar-refractivity contribution is 6.30. The minimum absolute atomic E-state index is 0.0793. The molecule has 150 valence electrons. The van der Waals surface area contributed by atoms with E-state index in [1.54, 1.807) is 49.6 Å². The fourth-order valence-corrected chi connectivity index (χ4v) is 3.51. The number of halogens is 1. The molecular weight excluding hydrogens is 404 g/mol. The van der Waals surface area contributed by atoms with Crippen molar-refractivity contribution in [2.24, 2.45) is 5.10 Å². The molecule has 8 heteroatoms. The average molecular weight is 421 g/mol. The summed E-state index contributed by atoms with van der Waals surface area (Å²) in [6.07, 6.45) is 2.75. The number of methoxy groups -OCH3 is 1. The lowest BCUT2D eigenvalue weighted by Gasteiger charge is -2.08. The van der Waals surface area contributed by atoms with Crippen molar-refractivity contribution in [2.75, 3.05) is 7.11 Å². The van der Waals surface area contributed by atoms with Crippen LogP contribution in [-0.4, -0.2) is 29.2 Å². The predicted octanol–water partition coefficient (Wildman–Crippen LogP) is 3.81. The summed E-state index contributed by atoms with van der Waals surface area (Å²) in [4.78, 5) is 32.8. The number of nitrogens with one attached hydrogen (secondary N) is 2. The number of benzene rings is 2. The van der Waals surface area contributed by atoms with Crippen molar-refractivity contribution in [3.8, 4) is 5.75 Å². The molecule has 1 amide bonds. The summed E-state index contributed by atoms with van der Waals surface area (Å²) in [6, 6.07) is 12.3. The molecule has 0 atom stereocenters. The summed E-state index contributed by atoms with van der Waals surface area (Å²) in [7, 11) is 1.58. The van der Waals surface area contributed by atoms with Gasteiger partial charge in [-0.1, -0.05) is 11.6 Å². The lowest BCUT2D eigenvalue weighted by Crippen LogP contribution is -2.25. The molecule has 0 bridgehead atoms. The maximum absolute atomic E-state index is 12.9. The second-order valence-electron chi connectivity index (χ2n) is 6.66. The Morgan fingerprint density at radius 1 is 1.23 bits per heavy atom. The Bertz CT molecular complexity index is 1360. The lowest BCUT2D eigenvalue weighted by molar-refractivity contribution is 0.0954. The smallest absolute Gasteiger partial charge is 0.276 e. The molecule has 0 fully saturated rings. The summed E-state index contributed by atoms with van der Waals surface area (Å²) in [5.74, 6) is 0.0932. The van der Waals surface area contributed by atoms with E-state index in [1.165, 1.54) is 12.4 Å². The van der Waals surface area contributed by atoms with E-state index in [0.717, 1.165) is 27.8 Å². The van der Waals surface area contributed by atoms with Crippen LogP contribution in [0.4, 0.5) is 0 Å². The molecule has 0 aliphatic carbocycles. The molecule has 7 nitrogen and oxygen atoms in total. The third-order valence-corrected chi connectivity index (χ3v) is 4.93. The second-order valence-corrected chi connectivity index (χ2v) is 7.07. The maximum atomic E-state index is 12.9. The van der Waals surface area contributed by atoms with E-state index in [4.69, 9.17) is 16.3 Å². The third kappa shape index (κ3) is 3.62. The number of carbonyl (C=O) groups is 1. The van der Waals surface area contributed by atoms with E-state index < -0.39 is 11.3 Å². The van der Waals surface area contributed by atoms with Crippen LogP contribution in [0.25, 0.3) is 21.8 Å². The van der Waals surface area contributed by atoms with Crippen molar-refractivity contribution in [2.45, 2.75) is 6.92 Å². The van der Waals surface area contributed by atoms with E-state index in [9.17, 15) is 9.59 Å². The molecule has 2 heterocycles. The maximum Gasteiger partial charge on any atom is 0.276 e. The van der Waals surface area contributed by atoms with E-state index in [1.807, 2.05) is 6.92 Å². The first kappa shape index (κ1) is 19.6. The first-order chi connectivity index (χ1) is 14.5. The lowest BCUT2D eigenvalue weighted by atomic mass is 10.0. The summed E-state index contributed by atoms with van der Waals surface area (Å²) < 4.78 is 5.09. The quantitative estimate of drug-likeness (QED) is 0.227. The number of aryl methyl sites for hydroxylation is 1. The predicted molar refractivity (Wildman–Crippen MR) is 118 cm³/mol. The molecule has 0 aliphatic heterocycles. The number of amides is 1. The van der Waals surface area contributed by atoms with Crippen LogP contribution in [0.1, 0.15) is 21.5 Å². The van der Waals surface area contributed by atoms with Crippen LogP contribution in [0.5, 0.6) is 5.75 Å². The summed E-state index contributed by atoms with van der Waals surface area (Å²) in [5, 5.41) is 5.55. The van der Waals surface area contributed by atoms with Gasteiger partial charge in [-0.3, -0.25) is 14.6 Å². The Balaban J connectivity index is 1.64. The van der Waals surface area contributed by atoms with Gasteiger partial charge in [-0.15, -0.1) is 0 Å². The monoisotopic (exact) mass is 420 g/mol. The number of rotatable bonds is 4. The number of aromatic nitrogens is 2. The van der Waals surface area contributed by atoms with E-state index in [-0.39, 0.29) is 5.56 Å². The van der Waals surface area contributed by atoms with Crippen LogP contribution in [0.2, 0.25) is 5.15 Å². The SMILES string of the molecule is COc1ccc(C=NNC(=O)c2cnc3c(ccc4[nH]c(Cl)cc(C)c43)c2=O)cc1.